The molecule has 1 fully saturated rings. The molecule has 0 saturated carbocycles. The number of aryl methyl sites for hydroxylation is 2. The lowest BCUT2D eigenvalue weighted by molar-refractivity contribution is 0.0892. The summed E-state index contributed by atoms with van der Waals surface area (Å²) in [5.74, 6) is 0.901. The van der Waals surface area contributed by atoms with Crippen LogP contribution in [0.4, 0.5) is 5.69 Å². The first kappa shape index (κ1) is 17.0. The van der Waals surface area contributed by atoms with Crippen molar-refractivity contribution in [2.24, 2.45) is 0 Å². The molecule has 1 aromatic carbocycles. The van der Waals surface area contributed by atoms with Gasteiger partial charge in [0.25, 0.3) is 0 Å². The summed E-state index contributed by atoms with van der Waals surface area (Å²) in [6.45, 7) is 6.43. The van der Waals surface area contributed by atoms with Gasteiger partial charge in [0.2, 0.25) is 0 Å². The van der Waals surface area contributed by atoms with Gasteiger partial charge in [0.15, 0.2) is 5.11 Å². The van der Waals surface area contributed by atoms with Crippen LogP contribution < -0.4 is 5.32 Å². The SMILES string of the molecule is Cc1ccc(C)c(NC(=S)N(Cc2ccco2)CC2CCCO2)c1. The van der Waals surface area contributed by atoms with E-state index < -0.39 is 0 Å². The maximum absolute atomic E-state index is 5.79. The number of thiocarbonyl (C=S) groups is 1. The standard InChI is InChI=1S/C19H24N2O2S/c1-14-7-8-15(2)18(11-14)20-19(24)21(12-16-5-3-9-22-16)13-17-6-4-10-23-17/h3,5,7-9,11,17H,4,6,10,12-13H2,1-2H3,(H,20,24). The smallest absolute Gasteiger partial charge is 0.173 e. The molecule has 1 aliphatic heterocycles. The molecule has 0 radical (unpaired) electrons. The van der Waals surface area contributed by atoms with Crippen LogP contribution in [0.25, 0.3) is 0 Å². The summed E-state index contributed by atoms with van der Waals surface area (Å²) in [6.07, 6.45) is 4.14. The number of nitrogens with zero attached hydrogens (tertiary/aromatic N) is 1. The Kier molecular flexibility index (Phi) is 5.53. The molecule has 1 atom stereocenters. The summed E-state index contributed by atoms with van der Waals surface area (Å²) in [7, 11) is 0. The largest absolute Gasteiger partial charge is 0.467 e. The van der Waals surface area contributed by atoms with Crippen molar-refractivity contribution in [3.8, 4) is 0 Å². The van der Waals surface area contributed by atoms with Crippen LogP contribution in [0.1, 0.15) is 29.7 Å². The van der Waals surface area contributed by atoms with Gasteiger partial charge >= 0.3 is 0 Å². The highest BCUT2D eigenvalue weighted by Crippen LogP contribution is 2.20. The predicted octanol–water partition coefficient (Wildman–Crippen LogP) is 4.27. The third-order valence-corrected chi connectivity index (χ3v) is 4.66. The van der Waals surface area contributed by atoms with Crippen LogP contribution in [0.3, 0.4) is 0 Å². The lowest BCUT2D eigenvalue weighted by Crippen LogP contribution is -2.39. The van der Waals surface area contributed by atoms with Crippen molar-refractivity contribution < 1.29 is 9.15 Å². The van der Waals surface area contributed by atoms with Gasteiger partial charge in [-0.2, -0.15) is 0 Å². The summed E-state index contributed by atoms with van der Waals surface area (Å²) in [5, 5.41) is 4.10. The van der Waals surface area contributed by atoms with E-state index in [1.54, 1.807) is 6.26 Å². The van der Waals surface area contributed by atoms with Gasteiger partial charge in [-0.25, -0.2) is 0 Å². The van der Waals surface area contributed by atoms with Gasteiger partial charge < -0.3 is 19.4 Å². The van der Waals surface area contributed by atoms with Crippen molar-refractivity contribution in [1.29, 1.82) is 0 Å². The van der Waals surface area contributed by atoms with Crippen LogP contribution >= 0.6 is 12.2 Å². The Morgan fingerprint density at radius 1 is 1.33 bits per heavy atom. The zero-order valence-electron chi connectivity index (χ0n) is 14.2. The molecule has 2 heterocycles. The molecule has 0 spiro atoms. The molecule has 1 N–H and O–H groups in total. The summed E-state index contributed by atoms with van der Waals surface area (Å²) < 4.78 is 11.3. The second kappa shape index (κ2) is 7.81. The zero-order valence-corrected chi connectivity index (χ0v) is 15.1. The number of ether oxygens (including phenoxy) is 1. The zero-order chi connectivity index (χ0) is 16.9. The van der Waals surface area contributed by atoms with E-state index in [0.29, 0.717) is 11.7 Å². The number of anilines is 1. The highest BCUT2D eigenvalue weighted by Gasteiger charge is 2.22. The maximum atomic E-state index is 5.79. The molecule has 1 aliphatic rings. The van der Waals surface area contributed by atoms with E-state index in [-0.39, 0.29) is 6.10 Å². The molecule has 1 unspecified atom stereocenters. The van der Waals surface area contributed by atoms with Gasteiger partial charge in [0, 0.05) is 18.8 Å². The first-order chi connectivity index (χ1) is 11.6. The second-order valence-electron chi connectivity index (χ2n) is 6.34. The summed E-state index contributed by atoms with van der Waals surface area (Å²) in [5.41, 5.74) is 3.44. The number of nitrogens with one attached hydrogen (secondary N) is 1. The topological polar surface area (TPSA) is 37.6 Å². The van der Waals surface area contributed by atoms with E-state index in [1.807, 2.05) is 12.1 Å². The Labute approximate surface area is 148 Å². The van der Waals surface area contributed by atoms with Crippen molar-refractivity contribution in [3.63, 3.8) is 0 Å². The Morgan fingerprint density at radius 3 is 2.92 bits per heavy atom. The Balaban J connectivity index is 1.72. The highest BCUT2D eigenvalue weighted by molar-refractivity contribution is 7.80. The Bertz CT molecular complexity index is 679. The summed E-state index contributed by atoms with van der Waals surface area (Å²) in [6, 6.07) is 10.2. The van der Waals surface area contributed by atoms with Gasteiger partial charge in [-0.05, 0) is 68.2 Å². The average Bonchev–Trinajstić information content (AvgIpc) is 3.24. The van der Waals surface area contributed by atoms with Crippen molar-refractivity contribution in [2.45, 2.75) is 39.3 Å². The number of hydrogen-bond donors (Lipinski definition) is 1. The Hall–Kier alpha value is -1.85. The number of rotatable bonds is 5. The normalized spacial score (nSPS) is 17.0. The van der Waals surface area contributed by atoms with Crippen LogP contribution in [-0.4, -0.2) is 29.3 Å². The van der Waals surface area contributed by atoms with Gasteiger partial charge in [0.05, 0.1) is 18.9 Å². The number of hydrogen-bond acceptors (Lipinski definition) is 3. The monoisotopic (exact) mass is 344 g/mol. The molecular formula is C19H24N2O2S. The first-order valence-corrected chi connectivity index (χ1v) is 8.80. The fraction of sp³-hybridized carbons (Fsp3) is 0.421. The lowest BCUT2D eigenvalue weighted by atomic mass is 10.1. The molecule has 0 bridgehead atoms. The molecule has 1 aromatic heterocycles. The van der Waals surface area contributed by atoms with E-state index in [1.165, 1.54) is 11.1 Å². The highest BCUT2D eigenvalue weighted by atomic mass is 32.1. The van der Waals surface area contributed by atoms with Gasteiger partial charge in [-0.3, -0.25) is 0 Å². The van der Waals surface area contributed by atoms with E-state index in [9.17, 15) is 0 Å². The fourth-order valence-corrected chi connectivity index (χ4v) is 3.16. The number of benzene rings is 1. The van der Waals surface area contributed by atoms with Crippen LogP contribution in [-0.2, 0) is 11.3 Å². The van der Waals surface area contributed by atoms with E-state index >= 15 is 0 Å². The Morgan fingerprint density at radius 2 is 2.21 bits per heavy atom. The molecule has 0 amide bonds. The predicted molar refractivity (Wildman–Crippen MR) is 100 cm³/mol. The van der Waals surface area contributed by atoms with Crippen LogP contribution in [0.5, 0.6) is 0 Å². The van der Waals surface area contributed by atoms with Crippen molar-refractivity contribution >= 4 is 23.0 Å². The minimum absolute atomic E-state index is 0.235. The minimum atomic E-state index is 0.235. The molecule has 128 valence electrons. The number of furan rings is 1. The second-order valence-corrected chi connectivity index (χ2v) is 6.73. The molecule has 3 rings (SSSR count). The summed E-state index contributed by atoms with van der Waals surface area (Å²) >= 11 is 5.69. The van der Waals surface area contributed by atoms with Gasteiger partial charge in [0.1, 0.15) is 5.76 Å². The minimum Gasteiger partial charge on any atom is -0.467 e. The van der Waals surface area contributed by atoms with Gasteiger partial charge in [-0.15, -0.1) is 0 Å². The maximum Gasteiger partial charge on any atom is 0.173 e. The van der Waals surface area contributed by atoms with Crippen LogP contribution in [0.2, 0.25) is 0 Å². The van der Waals surface area contributed by atoms with Crippen LogP contribution in [0, 0.1) is 13.8 Å². The van der Waals surface area contributed by atoms with E-state index in [4.69, 9.17) is 21.4 Å². The molecular weight excluding hydrogens is 320 g/mol. The van der Waals surface area contributed by atoms with Crippen LogP contribution in [0.15, 0.2) is 41.0 Å². The fourth-order valence-electron chi connectivity index (χ4n) is 2.91. The van der Waals surface area contributed by atoms with Crippen molar-refractivity contribution in [2.75, 3.05) is 18.5 Å². The molecule has 0 aliphatic carbocycles. The van der Waals surface area contributed by atoms with E-state index in [2.05, 4.69) is 42.3 Å². The molecule has 1 saturated heterocycles. The quantitative estimate of drug-likeness (QED) is 0.820. The van der Waals surface area contributed by atoms with Crippen molar-refractivity contribution in [3.05, 3.63) is 53.5 Å². The third kappa shape index (κ3) is 4.36. The molecule has 4 nitrogen and oxygen atoms in total. The molecule has 2 aromatic rings. The summed E-state index contributed by atoms with van der Waals surface area (Å²) in [4.78, 5) is 2.13. The first-order valence-electron chi connectivity index (χ1n) is 8.39. The van der Waals surface area contributed by atoms with Crippen molar-refractivity contribution in [1.82, 2.24) is 4.90 Å². The van der Waals surface area contributed by atoms with Gasteiger partial charge in [-0.1, -0.05) is 12.1 Å². The molecule has 24 heavy (non-hydrogen) atoms. The average molecular weight is 344 g/mol. The van der Waals surface area contributed by atoms with E-state index in [0.717, 1.165) is 37.4 Å². The third-order valence-electron chi connectivity index (χ3n) is 4.30. The lowest BCUT2D eigenvalue weighted by Gasteiger charge is -2.28. The molecule has 5 heteroatoms.